The molecule has 0 aromatic heterocycles. The molecule has 0 unspecified atom stereocenters. The molecule has 124 valence electrons. The molecule has 1 aliphatic heterocycles. The lowest BCUT2D eigenvalue weighted by atomic mass is 10.0. The van der Waals surface area contributed by atoms with E-state index in [4.69, 9.17) is 23.7 Å². The van der Waals surface area contributed by atoms with E-state index in [2.05, 4.69) is 6.58 Å². The summed E-state index contributed by atoms with van der Waals surface area (Å²) in [6, 6.07) is 0. The molecule has 0 aromatic rings. The first-order valence-electron chi connectivity index (χ1n) is 6.71. The zero-order chi connectivity index (χ0) is 16.7. The SMILES string of the molecule is C=CCO[C@@H]1OC[C@@H](OC(C)=O)[C@H](OC(C)=O)[C@H]1OC(C)=O. The Morgan fingerprint density at radius 1 is 1.05 bits per heavy atom. The summed E-state index contributed by atoms with van der Waals surface area (Å²) in [4.78, 5) is 33.7. The van der Waals surface area contributed by atoms with E-state index >= 15 is 0 Å². The molecule has 0 bridgehead atoms. The molecular formula is C14H20O8. The van der Waals surface area contributed by atoms with Crippen molar-refractivity contribution in [2.24, 2.45) is 0 Å². The fourth-order valence-electron chi connectivity index (χ4n) is 2.01. The van der Waals surface area contributed by atoms with E-state index in [1.807, 2.05) is 0 Å². The number of carbonyl (C=O) groups excluding carboxylic acids is 3. The number of ether oxygens (including phenoxy) is 5. The van der Waals surface area contributed by atoms with Crippen LogP contribution in [0.2, 0.25) is 0 Å². The van der Waals surface area contributed by atoms with Gasteiger partial charge in [0.2, 0.25) is 0 Å². The lowest BCUT2D eigenvalue weighted by Gasteiger charge is -2.39. The van der Waals surface area contributed by atoms with E-state index in [9.17, 15) is 14.4 Å². The summed E-state index contributed by atoms with van der Waals surface area (Å²) in [6.45, 7) is 7.21. The van der Waals surface area contributed by atoms with E-state index in [-0.39, 0.29) is 13.2 Å². The minimum atomic E-state index is -1.06. The van der Waals surface area contributed by atoms with Crippen molar-refractivity contribution in [1.82, 2.24) is 0 Å². The third-order valence-corrected chi connectivity index (χ3v) is 2.68. The average Bonchev–Trinajstić information content (AvgIpc) is 2.40. The van der Waals surface area contributed by atoms with Gasteiger partial charge in [-0.05, 0) is 0 Å². The first kappa shape index (κ1) is 18.1. The second kappa shape index (κ2) is 8.50. The van der Waals surface area contributed by atoms with Gasteiger partial charge in [0, 0.05) is 20.8 Å². The van der Waals surface area contributed by atoms with Crippen LogP contribution in [0, 0.1) is 0 Å². The van der Waals surface area contributed by atoms with Gasteiger partial charge >= 0.3 is 17.9 Å². The molecule has 1 rings (SSSR count). The number of carbonyl (C=O) groups is 3. The highest BCUT2D eigenvalue weighted by Crippen LogP contribution is 2.25. The van der Waals surface area contributed by atoms with Gasteiger partial charge in [0.15, 0.2) is 24.6 Å². The van der Waals surface area contributed by atoms with E-state index in [0.717, 1.165) is 0 Å². The van der Waals surface area contributed by atoms with Crippen LogP contribution in [0.1, 0.15) is 20.8 Å². The van der Waals surface area contributed by atoms with Crippen LogP contribution in [0.25, 0.3) is 0 Å². The van der Waals surface area contributed by atoms with Crippen molar-refractivity contribution in [3.05, 3.63) is 12.7 Å². The summed E-state index contributed by atoms with van der Waals surface area (Å²) in [7, 11) is 0. The number of rotatable bonds is 6. The molecular weight excluding hydrogens is 296 g/mol. The standard InChI is InChI=1S/C14H20O8/c1-5-6-18-14-13(22-10(4)17)12(21-9(3)16)11(7-19-14)20-8(2)15/h5,11-14H,1,6-7H2,2-4H3/t11-,12+,13-,14-/m1/s1. The normalized spacial score (nSPS) is 27.6. The van der Waals surface area contributed by atoms with Gasteiger partial charge in [0.05, 0.1) is 13.2 Å². The zero-order valence-electron chi connectivity index (χ0n) is 12.8. The molecule has 0 aliphatic carbocycles. The van der Waals surface area contributed by atoms with Crippen molar-refractivity contribution >= 4 is 17.9 Å². The van der Waals surface area contributed by atoms with Gasteiger partial charge in [-0.1, -0.05) is 6.08 Å². The molecule has 22 heavy (non-hydrogen) atoms. The minimum absolute atomic E-state index is 0.0584. The van der Waals surface area contributed by atoms with Crippen LogP contribution in [0.3, 0.4) is 0 Å². The van der Waals surface area contributed by atoms with Crippen LogP contribution in [0.15, 0.2) is 12.7 Å². The molecule has 1 aliphatic rings. The van der Waals surface area contributed by atoms with Crippen LogP contribution in [-0.4, -0.2) is 55.7 Å². The third kappa shape index (κ3) is 5.45. The summed E-state index contributed by atoms with van der Waals surface area (Å²) >= 11 is 0. The van der Waals surface area contributed by atoms with Crippen molar-refractivity contribution in [2.45, 2.75) is 45.4 Å². The Morgan fingerprint density at radius 2 is 1.59 bits per heavy atom. The molecule has 0 aromatic carbocycles. The molecule has 8 nitrogen and oxygen atoms in total. The van der Waals surface area contributed by atoms with Crippen molar-refractivity contribution < 1.29 is 38.1 Å². The Kier molecular flexibility index (Phi) is 7.00. The predicted molar refractivity (Wildman–Crippen MR) is 72.6 cm³/mol. The first-order valence-corrected chi connectivity index (χ1v) is 6.71. The molecule has 0 amide bonds. The quantitative estimate of drug-likeness (QED) is 0.393. The summed E-state index contributed by atoms with van der Waals surface area (Å²) in [6.07, 6.45) is -2.44. The van der Waals surface area contributed by atoms with Crippen LogP contribution in [0.4, 0.5) is 0 Å². The monoisotopic (exact) mass is 316 g/mol. The predicted octanol–water partition coefficient (Wildman–Crippen LogP) is 0.340. The maximum atomic E-state index is 11.3. The number of hydrogen-bond acceptors (Lipinski definition) is 8. The van der Waals surface area contributed by atoms with E-state index < -0.39 is 42.5 Å². The Morgan fingerprint density at radius 3 is 2.09 bits per heavy atom. The van der Waals surface area contributed by atoms with Gasteiger partial charge < -0.3 is 23.7 Å². The second-order valence-corrected chi connectivity index (χ2v) is 4.62. The highest BCUT2D eigenvalue weighted by Gasteiger charge is 2.47. The fourth-order valence-corrected chi connectivity index (χ4v) is 2.01. The van der Waals surface area contributed by atoms with Gasteiger partial charge in [0.25, 0.3) is 0 Å². The lowest BCUT2D eigenvalue weighted by Crippen LogP contribution is -2.58. The molecule has 1 fully saturated rings. The van der Waals surface area contributed by atoms with E-state index in [0.29, 0.717) is 0 Å². The van der Waals surface area contributed by atoms with E-state index in [1.165, 1.54) is 26.8 Å². The summed E-state index contributed by atoms with van der Waals surface area (Å²) in [5, 5.41) is 0. The molecule has 0 radical (unpaired) electrons. The number of esters is 3. The van der Waals surface area contributed by atoms with Crippen LogP contribution >= 0.6 is 0 Å². The van der Waals surface area contributed by atoms with Gasteiger partial charge in [-0.25, -0.2) is 0 Å². The first-order chi connectivity index (χ1) is 10.3. The van der Waals surface area contributed by atoms with Crippen molar-refractivity contribution in [1.29, 1.82) is 0 Å². The Bertz CT molecular complexity index is 433. The molecule has 0 spiro atoms. The van der Waals surface area contributed by atoms with Crippen LogP contribution in [0.5, 0.6) is 0 Å². The summed E-state index contributed by atoms with van der Waals surface area (Å²) in [5.74, 6) is -1.79. The largest absolute Gasteiger partial charge is 0.456 e. The fraction of sp³-hybridized carbons (Fsp3) is 0.643. The summed E-state index contributed by atoms with van der Waals surface area (Å²) < 4.78 is 26.1. The van der Waals surface area contributed by atoms with Crippen molar-refractivity contribution in [3.8, 4) is 0 Å². The Balaban J connectivity index is 2.97. The molecule has 0 saturated carbocycles. The topological polar surface area (TPSA) is 97.4 Å². The van der Waals surface area contributed by atoms with Gasteiger partial charge in [0.1, 0.15) is 0 Å². The smallest absolute Gasteiger partial charge is 0.303 e. The number of hydrogen-bond donors (Lipinski definition) is 0. The highest BCUT2D eigenvalue weighted by atomic mass is 16.7. The minimum Gasteiger partial charge on any atom is -0.456 e. The zero-order valence-corrected chi connectivity index (χ0v) is 12.8. The van der Waals surface area contributed by atoms with Gasteiger partial charge in [-0.15, -0.1) is 6.58 Å². The molecule has 1 saturated heterocycles. The van der Waals surface area contributed by atoms with Crippen molar-refractivity contribution in [2.75, 3.05) is 13.2 Å². The molecule has 4 atom stereocenters. The maximum absolute atomic E-state index is 11.3. The van der Waals surface area contributed by atoms with Gasteiger partial charge in [-0.3, -0.25) is 14.4 Å². The molecule has 8 heteroatoms. The highest BCUT2D eigenvalue weighted by molar-refractivity contribution is 5.68. The Labute approximate surface area is 128 Å². The van der Waals surface area contributed by atoms with Crippen LogP contribution < -0.4 is 0 Å². The molecule has 0 N–H and O–H groups in total. The van der Waals surface area contributed by atoms with Crippen LogP contribution in [-0.2, 0) is 38.1 Å². The molecule has 1 heterocycles. The maximum Gasteiger partial charge on any atom is 0.303 e. The third-order valence-electron chi connectivity index (χ3n) is 2.68. The van der Waals surface area contributed by atoms with E-state index in [1.54, 1.807) is 0 Å². The summed E-state index contributed by atoms with van der Waals surface area (Å²) in [5.41, 5.74) is 0. The van der Waals surface area contributed by atoms with Crippen molar-refractivity contribution in [3.63, 3.8) is 0 Å². The second-order valence-electron chi connectivity index (χ2n) is 4.62. The lowest BCUT2D eigenvalue weighted by molar-refractivity contribution is -0.278. The van der Waals surface area contributed by atoms with Gasteiger partial charge in [-0.2, -0.15) is 0 Å². The average molecular weight is 316 g/mol. The Hall–Kier alpha value is -1.93.